The highest BCUT2D eigenvalue weighted by atomic mass is 16.5. The zero-order valence-electron chi connectivity index (χ0n) is 12.2. The Morgan fingerprint density at radius 1 is 1.33 bits per heavy atom. The molecule has 108 valence electrons. The molecule has 0 aliphatic rings. The normalized spacial score (nSPS) is 12.5. The fourth-order valence-corrected chi connectivity index (χ4v) is 2.51. The molecule has 1 aromatic carbocycles. The molecule has 5 heteroatoms. The number of benzene rings is 1. The van der Waals surface area contributed by atoms with Crippen LogP contribution in [0.2, 0.25) is 0 Å². The highest BCUT2D eigenvalue weighted by Gasteiger charge is 2.18. The number of hydrogen-bond acceptors (Lipinski definition) is 4. The summed E-state index contributed by atoms with van der Waals surface area (Å²) in [5, 5.41) is 7.90. The van der Waals surface area contributed by atoms with E-state index in [2.05, 4.69) is 28.4 Å². The average Bonchev–Trinajstić information content (AvgIpc) is 2.96. The maximum Gasteiger partial charge on any atom is 0.119 e. The van der Waals surface area contributed by atoms with Crippen LogP contribution in [0.5, 0.6) is 5.75 Å². The first kappa shape index (κ1) is 13.6. The summed E-state index contributed by atoms with van der Waals surface area (Å²) in [5.41, 5.74) is 3.26. The highest BCUT2D eigenvalue weighted by Crippen LogP contribution is 2.27. The number of hydrogen-bond donors (Lipinski definition) is 1. The van der Waals surface area contributed by atoms with Crippen LogP contribution in [0.15, 0.2) is 49.1 Å². The molecule has 0 saturated heterocycles. The minimum atomic E-state index is 0.0619. The summed E-state index contributed by atoms with van der Waals surface area (Å²) < 4.78 is 7.17. The van der Waals surface area contributed by atoms with Crippen molar-refractivity contribution in [1.29, 1.82) is 0 Å². The van der Waals surface area contributed by atoms with E-state index in [0.29, 0.717) is 0 Å². The SMILES string of the molecule is CCNC(c1cccc(OC)c1)c1cnn2ccncc12. The van der Waals surface area contributed by atoms with Gasteiger partial charge in [0.15, 0.2) is 0 Å². The van der Waals surface area contributed by atoms with Gasteiger partial charge >= 0.3 is 0 Å². The predicted octanol–water partition coefficient (Wildman–Crippen LogP) is 2.44. The number of methoxy groups -OCH3 is 1. The van der Waals surface area contributed by atoms with Crippen molar-refractivity contribution in [2.24, 2.45) is 0 Å². The van der Waals surface area contributed by atoms with Crippen LogP contribution < -0.4 is 10.1 Å². The lowest BCUT2D eigenvalue weighted by Crippen LogP contribution is -2.21. The second-order valence-electron chi connectivity index (χ2n) is 4.77. The number of nitrogens with zero attached hydrogens (tertiary/aromatic N) is 3. The molecule has 2 aromatic heterocycles. The third-order valence-corrected chi connectivity index (χ3v) is 3.50. The fourth-order valence-electron chi connectivity index (χ4n) is 2.51. The first-order valence-corrected chi connectivity index (χ1v) is 6.98. The quantitative estimate of drug-likeness (QED) is 0.781. The average molecular weight is 282 g/mol. The topological polar surface area (TPSA) is 51.5 Å². The molecule has 0 amide bonds. The largest absolute Gasteiger partial charge is 0.497 e. The van der Waals surface area contributed by atoms with E-state index in [9.17, 15) is 0 Å². The Balaban J connectivity index is 2.08. The van der Waals surface area contributed by atoms with Crippen molar-refractivity contribution in [1.82, 2.24) is 19.9 Å². The summed E-state index contributed by atoms with van der Waals surface area (Å²) in [6.07, 6.45) is 7.32. The van der Waals surface area contributed by atoms with Gasteiger partial charge in [-0.1, -0.05) is 19.1 Å². The van der Waals surface area contributed by atoms with Gasteiger partial charge in [-0.25, -0.2) is 4.52 Å². The maximum absolute atomic E-state index is 5.33. The molecule has 5 nitrogen and oxygen atoms in total. The van der Waals surface area contributed by atoms with E-state index >= 15 is 0 Å². The molecule has 2 heterocycles. The molecule has 0 aliphatic carbocycles. The fraction of sp³-hybridized carbons (Fsp3) is 0.250. The van der Waals surface area contributed by atoms with Gasteiger partial charge in [-0.3, -0.25) is 4.98 Å². The van der Waals surface area contributed by atoms with Crippen molar-refractivity contribution in [3.63, 3.8) is 0 Å². The lowest BCUT2D eigenvalue weighted by molar-refractivity contribution is 0.413. The van der Waals surface area contributed by atoms with Crippen LogP contribution in [0.4, 0.5) is 0 Å². The Kier molecular flexibility index (Phi) is 3.83. The van der Waals surface area contributed by atoms with Gasteiger partial charge < -0.3 is 10.1 Å². The van der Waals surface area contributed by atoms with Gasteiger partial charge in [0.1, 0.15) is 5.75 Å². The van der Waals surface area contributed by atoms with E-state index in [0.717, 1.165) is 28.9 Å². The van der Waals surface area contributed by atoms with Crippen molar-refractivity contribution in [2.45, 2.75) is 13.0 Å². The Morgan fingerprint density at radius 3 is 3.05 bits per heavy atom. The standard InChI is InChI=1S/C16H18N4O/c1-3-18-16(12-5-4-6-13(9-12)21-2)14-10-19-20-8-7-17-11-15(14)20/h4-11,16,18H,3H2,1-2H3. The van der Waals surface area contributed by atoms with E-state index < -0.39 is 0 Å². The molecule has 0 aliphatic heterocycles. The van der Waals surface area contributed by atoms with Crippen molar-refractivity contribution in [3.8, 4) is 5.75 Å². The molecular weight excluding hydrogens is 264 g/mol. The van der Waals surface area contributed by atoms with Crippen LogP contribution in [0, 0.1) is 0 Å². The van der Waals surface area contributed by atoms with Crippen LogP contribution in [-0.4, -0.2) is 28.3 Å². The van der Waals surface area contributed by atoms with E-state index in [4.69, 9.17) is 4.74 Å². The summed E-state index contributed by atoms with van der Waals surface area (Å²) in [5.74, 6) is 0.852. The predicted molar refractivity (Wildman–Crippen MR) is 81.5 cm³/mol. The van der Waals surface area contributed by atoms with Gasteiger partial charge in [-0.2, -0.15) is 5.10 Å². The summed E-state index contributed by atoms with van der Waals surface area (Å²) in [6, 6.07) is 8.15. The van der Waals surface area contributed by atoms with E-state index in [1.165, 1.54) is 0 Å². The van der Waals surface area contributed by atoms with Crippen molar-refractivity contribution in [2.75, 3.05) is 13.7 Å². The number of aromatic nitrogens is 3. The third kappa shape index (κ3) is 2.60. The summed E-state index contributed by atoms with van der Waals surface area (Å²) in [6.45, 7) is 2.95. The van der Waals surface area contributed by atoms with Gasteiger partial charge in [0.25, 0.3) is 0 Å². The van der Waals surface area contributed by atoms with Gasteiger partial charge in [0.05, 0.1) is 31.1 Å². The molecule has 0 saturated carbocycles. The first-order chi connectivity index (χ1) is 10.3. The Morgan fingerprint density at radius 2 is 2.24 bits per heavy atom. The molecule has 3 aromatic rings. The molecule has 3 rings (SSSR count). The van der Waals surface area contributed by atoms with E-state index in [1.807, 2.05) is 41.3 Å². The van der Waals surface area contributed by atoms with E-state index in [-0.39, 0.29) is 6.04 Å². The van der Waals surface area contributed by atoms with Crippen LogP contribution in [0.3, 0.4) is 0 Å². The van der Waals surface area contributed by atoms with Crippen molar-refractivity contribution in [3.05, 3.63) is 60.2 Å². The molecule has 1 atom stereocenters. The summed E-state index contributed by atoms with van der Waals surface area (Å²) >= 11 is 0. The molecular formula is C16H18N4O. The molecule has 21 heavy (non-hydrogen) atoms. The molecule has 1 N–H and O–H groups in total. The third-order valence-electron chi connectivity index (χ3n) is 3.50. The number of ether oxygens (including phenoxy) is 1. The lowest BCUT2D eigenvalue weighted by atomic mass is 10.00. The van der Waals surface area contributed by atoms with Crippen LogP contribution in [0.1, 0.15) is 24.1 Å². The Labute approximate surface area is 123 Å². The van der Waals surface area contributed by atoms with Gasteiger partial charge in [0.2, 0.25) is 0 Å². The minimum absolute atomic E-state index is 0.0619. The van der Waals surface area contributed by atoms with Crippen LogP contribution >= 0.6 is 0 Å². The number of rotatable bonds is 5. The van der Waals surface area contributed by atoms with Crippen molar-refractivity contribution < 1.29 is 4.74 Å². The van der Waals surface area contributed by atoms with Gasteiger partial charge in [-0.05, 0) is 24.2 Å². The second-order valence-corrected chi connectivity index (χ2v) is 4.77. The van der Waals surface area contributed by atoms with Crippen molar-refractivity contribution >= 4 is 5.52 Å². The monoisotopic (exact) mass is 282 g/mol. The highest BCUT2D eigenvalue weighted by molar-refractivity contribution is 5.56. The number of nitrogens with one attached hydrogen (secondary N) is 1. The zero-order valence-corrected chi connectivity index (χ0v) is 12.2. The van der Waals surface area contributed by atoms with Gasteiger partial charge in [0, 0.05) is 18.0 Å². The summed E-state index contributed by atoms with van der Waals surface area (Å²) in [4.78, 5) is 4.20. The molecule has 1 unspecified atom stereocenters. The molecule has 0 radical (unpaired) electrons. The molecule has 0 spiro atoms. The Hall–Kier alpha value is -2.40. The molecule has 0 fully saturated rings. The second kappa shape index (κ2) is 5.93. The van der Waals surface area contributed by atoms with E-state index in [1.54, 1.807) is 13.3 Å². The zero-order chi connectivity index (χ0) is 14.7. The molecule has 0 bridgehead atoms. The number of fused-ring (bicyclic) bond motifs is 1. The minimum Gasteiger partial charge on any atom is -0.497 e. The lowest BCUT2D eigenvalue weighted by Gasteiger charge is -2.18. The summed E-state index contributed by atoms with van der Waals surface area (Å²) in [7, 11) is 1.68. The van der Waals surface area contributed by atoms with Gasteiger partial charge in [-0.15, -0.1) is 0 Å². The van der Waals surface area contributed by atoms with Crippen LogP contribution in [0.25, 0.3) is 5.52 Å². The first-order valence-electron chi connectivity index (χ1n) is 6.98. The van der Waals surface area contributed by atoms with Crippen LogP contribution in [-0.2, 0) is 0 Å². The smallest absolute Gasteiger partial charge is 0.119 e. The Bertz CT molecular complexity index is 738. The maximum atomic E-state index is 5.33.